The first-order valence-corrected chi connectivity index (χ1v) is 7.15. The van der Waals surface area contributed by atoms with Crippen molar-refractivity contribution < 1.29 is 15.1 Å². The van der Waals surface area contributed by atoms with Crippen molar-refractivity contribution in [1.82, 2.24) is 20.1 Å². The molecule has 0 unspecified atom stereocenters. The van der Waals surface area contributed by atoms with Gasteiger partial charge >= 0.3 is 6.09 Å². The molecule has 9 heteroatoms. The molecular weight excluding hydrogens is 322 g/mol. The molecule has 8 nitrogen and oxygen atoms in total. The van der Waals surface area contributed by atoms with Crippen LogP contribution in [0.2, 0.25) is 5.02 Å². The normalized spacial score (nSPS) is 15.3. The van der Waals surface area contributed by atoms with Gasteiger partial charge in [0.25, 0.3) is 0 Å². The number of rotatable bonds is 3. The summed E-state index contributed by atoms with van der Waals surface area (Å²) >= 11 is 5.86. The van der Waals surface area contributed by atoms with E-state index in [2.05, 4.69) is 15.2 Å². The fourth-order valence-corrected chi connectivity index (χ4v) is 2.28. The standard InChI is InChI=1S/C12H11ClN4O.C2H5NO2/c13-10-3-1-9(2-4-10)11(16-18)12(5-6-12)17-8-14-7-15-17;1-3-2(4)5/h1-4,7-8,18H,5-6H2;3H,1H3,(H,4,5). The number of oxime groups is 1. The fraction of sp³-hybridized carbons (Fsp3) is 0.286. The number of hydrogen-bond acceptors (Lipinski definition) is 5. The topological polar surface area (TPSA) is 113 Å². The third kappa shape index (κ3) is 3.78. The van der Waals surface area contributed by atoms with Crippen LogP contribution in [0.3, 0.4) is 0 Å². The van der Waals surface area contributed by atoms with Gasteiger partial charge in [0.1, 0.15) is 23.9 Å². The average Bonchev–Trinajstić information content (AvgIpc) is 3.14. The molecule has 3 N–H and O–H groups in total. The van der Waals surface area contributed by atoms with Crippen molar-refractivity contribution in [2.24, 2.45) is 5.16 Å². The molecule has 1 fully saturated rings. The Labute approximate surface area is 137 Å². The maximum Gasteiger partial charge on any atom is 0.404 e. The van der Waals surface area contributed by atoms with Crippen LogP contribution >= 0.6 is 11.6 Å². The number of amides is 1. The Bertz CT molecular complexity index is 681. The minimum atomic E-state index is -0.995. The molecule has 0 bridgehead atoms. The molecule has 3 rings (SSSR count). The number of nitrogens with zero attached hydrogens (tertiary/aromatic N) is 4. The van der Waals surface area contributed by atoms with E-state index in [9.17, 15) is 10.0 Å². The van der Waals surface area contributed by atoms with Crippen LogP contribution in [0.15, 0.2) is 42.1 Å². The van der Waals surface area contributed by atoms with Crippen molar-refractivity contribution in [1.29, 1.82) is 0 Å². The second-order valence-corrected chi connectivity index (χ2v) is 5.32. The van der Waals surface area contributed by atoms with E-state index in [-0.39, 0.29) is 5.54 Å². The predicted molar refractivity (Wildman–Crippen MR) is 84.1 cm³/mol. The molecule has 0 atom stereocenters. The van der Waals surface area contributed by atoms with E-state index >= 15 is 0 Å². The first kappa shape index (κ1) is 16.8. The van der Waals surface area contributed by atoms with Gasteiger partial charge in [-0.3, -0.25) is 0 Å². The summed E-state index contributed by atoms with van der Waals surface area (Å²) in [7, 11) is 1.35. The monoisotopic (exact) mass is 337 g/mol. The lowest BCUT2D eigenvalue weighted by Gasteiger charge is -2.17. The SMILES string of the molecule is CNC(=O)O.ON=C(c1ccc(Cl)cc1)C1(n2cncn2)CC1. The molecule has 1 aliphatic carbocycles. The highest BCUT2D eigenvalue weighted by Gasteiger charge is 2.51. The van der Waals surface area contributed by atoms with Gasteiger partial charge in [0.05, 0.1) is 0 Å². The molecule has 2 aromatic rings. The largest absolute Gasteiger partial charge is 0.465 e. The second kappa shape index (κ2) is 7.10. The molecule has 122 valence electrons. The van der Waals surface area contributed by atoms with E-state index in [1.54, 1.807) is 23.1 Å². The highest BCUT2D eigenvalue weighted by Crippen LogP contribution is 2.45. The summed E-state index contributed by atoms with van der Waals surface area (Å²) in [5, 5.41) is 27.1. The van der Waals surface area contributed by atoms with Crippen molar-refractivity contribution >= 4 is 23.4 Å². The van der Waals surface area contributed by atoms with Crippen LogP contribution in [0.5, 0.6) is 0 Å². The molecule has 23 heavy (non-hydrogen) atoms. The van der Waals surface area contributed by atoms with Gasteiger partial charge in [-0.2, -0.15) is 5.10 Å². The van der Waals surface area contributed by atoms with Crippen molar-refractivity contribution in [2.45, 2.75) is 18.4 Å². The molecule has 0 saturated heterocycles. The zero-order chi connectivity index (χ0) is 16.9. The Morgan fingerprint density at radius 3 is 2.39 bits per heavy atom. The van der Waals surface area contributed by atoms with E-state index in [0.717, 1.165) is 18.4 Å². The number of benzene rings is 1. The average molecular weight is 338 g/mol. The van der Waals surface area contributed by atoms with Crippen molar-refractivity contribution in [3.05, 3.63) is 47.5 Å². The highest BCUT2D eigenvalue weighted by molar-refractivity contribution is 6.30. The minimum Gasteiger partial charge on any atom is -0.465 e. The first-order valence-electron chi connectivity index (χ1n) is 6.78. The molecular formula is C14H16ClN5O3. The summed E-state index contributed by atoms with van der Waals surface area (Å²) in [6, 6.07) is 7.24. The van der Waals surface area contributed by atoms with Crippen LogP contribution in [-0.4, -0.2) is 43.9 Å². The third-order valence-electron chi connectivity index (χ3n) is 3.45. The Kier molecular flexibility index (Phi) is 5.17. The Morgan fingerprint density at radius 1 is 1.39 bits per heavy atom. The van der Waals surface area contributed by atoms with E-state index in [1.807, 2.05) is 17.4 Å². The maximum absolute atomic E-state index is 9.32. The van der Waals surface area contributed by atoms with E-state index < -0.39 is 6.09 Å². The van der Waals surface area contributed by atoms with E-state index in [4.69, 9.17) is 16.7 Å². The van der Waals surface area contributed by atoms with Crippen LogP contribution in [0, 0.1) is 0 Å². The smallest absolute Gasteiger partial charge is 0.404 e. The number of nitrogens with one attached hydrogen (secondary N) is 1. The van der Waals surface area contributed by atoms with Crippen LogP contribution in [0.1, 0.15) is 18.4 Å². The number of halogens is 1. The van der Waals surface area contributed by atoms with Gasteiger partial charge in [-0.05, 0) is 25.0 Å². The van der Waals surface area contributed by atoms with Crippen molar-refractivity contribution in [3.63, 3.8) is 0 Å². The summed E-state index contributed by atoms with van der Waals surface area (Å²) in [4.78, 5) is 13.2. The van der Waals surface area contributed by atoms with Gasteiger partial charge in [-0.25, -0.2) is 14.5 Å². The lowest BCUT2D eigenvalue weighted by atomic mass is 10.0. The number of hydrogen-bond donors (Lipinski definition) is 3. The van der Waals surface area contributed by atoms with Crippen LogP contribution in [0.25, 0.3) is 0 Å². The van der Waals surface area contributed by atoms with Gasteiger partial charge in [-0.15, -0.1) is 0 Å². The first-order chi connectivity index (χ1) is 11.0. The highest BCUT2D eigenvalue weighted by atomic mass is 35.5. The van der Waals surface area contributed by atoms with Gasteiger partial charge in [0.2, 0.25) is 0 Å². The van der Waals surface area contributed by atoms with Gasteiger partial charge in [0, 0.05) is 17.6 Å². The fourth-order valence-electron chi connectivity index (χ4n) is 2.15. The van der Waals surface area contributed by atoms with Crippen LogP contribution < -0.4 is 5.32 Å². The molecule has 0 spiro atoms. The van der Waals surface area contributed by atoms with Gasteiger partial charge in [-0.1, -0.05) is 28.9 Å². The summed E-state index contributed by atoms with van der Waals surface area (Å²) in [5.74, 6) is 0. The summed E-state index contributed by atoms with van der Waals surface area (Å²) in [6.45, 7) is 0. The van der Waals surface area contributed by atoms with Crippen LogP contribution in [0.4, 0.5) is 4.79 Å². The zero-order valence-corrected chi connectivity index (χ0v) is 13.1. The molecule has 1 heterocycles. The number of carboxylic acid groups (broad SMARTS) is 1. The number of carbonyl (C=O) groups is 1. The van der Waals surface area contributed by atoms with E-state index in [1.165, 1.54) is 13.4 Å². The Balaban J connectivity index is 0.000000338. The lowest BCUT2D eigenvalue weighted by molar-refractivity contribution is 0.197. The third-order valence-corrected chi connectivity index (χ3v) is 3.71. The zero-order valence-electron chi connectivity index (χ0n) is 12.3. The van der Waals surface area contributed by atoms with E-state index in [0.29, 0.717) is 10.7 Å². The number of aromatic nitrogens is 3. The molecule has 1 amide bonds. The lowest BCUT2D eigenvalue weighted by Crippen LogP contribution is -2.29. The Hall–Kier alpha value is -2.61. The van der Waals surface area contributed by atoms with Crippen LogP contribution in [-0.2, 0) is 5.54 Å². The molecule has 0 radical (unpaired) electrons. The van der Waals surface area contributed by atoms with Gasteiger partial charge in [0.15, 0.2) is 0 Å². The molecule has 1 aliphatic rings. The minimum absolute atomic E-state index is 0.362. The van der Waals surface area contributed by atoms with Gasteiger partial charge < -0.3 is 15.6 Å². The molecule has 1 aromatic heterocycles. The Morgan fingerprint density at radius 2 is 2.00 bits per heavy atom. The summed E-state index contributed by atoms with van der Waals surface area (Å²) in [5.41, 5.74) is 1.08. The summed E-state index contributed by atoms with van der Waals surface area (Å²) < 4.78 is 1.75. The van der Waals surface area contributed by atoms with Crippen molar-refractivity contribution in [3.8, 4) is 0 Å². The maximum atomic E-state index is 9.32. The quantitative estimate of drug-likeness (QED) is 0.451. The van der Waals surface area contributed by atoms with Crippen molar-refractivity contribution in [2.75, 3.05) is 7.05 Å². The molecule has 1 saturated carbocycles. The molecule has 0 aliphatic heterocycles. The summed E-state index contributed by atoms with van der Waals surface area (Å²) in [6.07, 6.45) is 3.91. The molecule has 1 aromatic carbocycles. The predicted octanol–water partition coefficient (Wildman–Crippen LogP) is 2.18. The second-order valence-electron chi connectivity index (χ2n) is 4.88.